The molecule has 1 amide bonds. The van der Waals surface area contributed by atoms with Crippen molar-refractivity contribution in [2.75, 3.05) is 26.2 Å². The third-order valence-electron chi connectivity index (χ3n) is 5.47. The molecule has 8 heteroatoms. The van der Waals surface area contributed by atoms with Crippen molar-refractivity contribution < 1.29 is 28.6 Å². The van der Waals surface area contributed by atoms with Gasteiger partial charge in [-0.1, -0.05) is 6.08 Å². The topological polar surface area (TPSA) is 94.2 Å². The van der Waals surface area contributed by atoms with Crippen molar-refractivity contribution in [3.8, 4) is 5.75 Å². The summed E-state index contributed by atoms with van der Waals surface area (Å²) in [5.41, 5.74) is 0.681. The Kier molecular flexibility index (Phi) is 5.69. The molecule has 1 aromatic carbocycles. The van der Waals surface area contributed by atoms with Gasteiger partial charge in [0.25, 0.3) is 0 Å². The predicted octanol–water partition coefficient (Wildman–Crippen LogP) is 0.905. The van der Waals surface area contributed by atoms with Gasteiger partial charge in [-0.15, -0.1) is 6.58 Å². The Hall–Kier alpha value is -2.87. The molecule has 0 bridgehead atoms. The van der Waals surface area contributed by atoms with Crippen molar-refractivity contribution in [2.24, 2.45) is 11.8 Å². The number of carbonyl (C=O) groups is 3. The van der Waals surface area contributed by atoms with Crippen LogP contribution in [0.1, 0.15) is 6.42 Å². The average molecular weight is 388 g/mol. The summed E-state index contributed by atoms with van der Waals surface area (Å²) in [6.07, 6.45) is 1.82. The van der Waals surface area contributed by atoms with Gasteiger partial charge in [0.2, 0.25) is 5.91 Å². The molecule has 0 saturated carbocycles. The van der Waals surface area contributed by atoms with Gasteiger partial charge in [0.1, 0.15) is 11.8 Å². The maximum atomic E-state index is 12.7. The summed E-state index contributed by atoms with van der Waals surface area (Å²) in [6.45, 7) is 3.77. The molecule has 2 heterocycles. The van der Waals surface area contributed by atoms with Crippen LogP contribution in [0.4, 0.5) is 5.69 Å². The quantitative estimate of drug-likeness (QED) is 0.440. The van der Waals surface area contributed by atoms with Crippen LogP contribution in [0.5, 0.6) is 5.75 Å². The van der Waals surface area contributed by atoms with E-state index >= 15 is 0 Å². The number of hydrogen-bond acceptors (Lipinski definition) is 7. The van der Waals surface area contributed by atoms with Crippen molar-refractivity contribution >= 4 is 23.5 Å². The van der Waals surface area contributed by atoms with E-state index in [9.17, 15) is 14.4 Å². The van der Waals surface area contributed by atoms with Crippen molar-refractivity contribution in [2.45, 2.75) is 24.5 Å². The predicted molar refractivity (Wildman–Crippen MR) is 101 cm³/mol. The second-order valence-corrected chi connectivity index (χ2v) is 6.79. The highest BCUT2D eigenvalue weighted by Crippen LogP contribution is 2.40. The zero-order chi connectivity index (χ0) is 20.4. The molecular formula is C20H24N2O6. The van der Waals surface area contributed by atoms with Gasteiger partial charge in [-0.25, -0.2) is 0 Å². The largest absolute Gasteiger partial charge is 0.497 e. The molecule has 150 valence electrons. The first-order valence-corrected chi connectivity index (χ1v) is 8.98. The molecule has 5 atom stereocenters. The van der Waals surface area contributed by atoms with Crippen LogP contribution in [0.25, 0.3) is 0 Å². The van der Waals surface area contributed by atoms with E-state index in [0.717, 1.165) is 0 Å². The Morgan fingerprint density at radius 2 is 1.79 bits per heavy atom. The molecule has 2 aliphatic heterocycles. The van der Waals surface area contributed by atoms with Gasteiger partial charge < -0.3 is 19.1 Å². The maximum Gasteiger partial charge on any atom is 0.322 e. The number of benzene rings is 1. The third-order valence-corrected chi connectivity index (χ3v) is 5.47. The highest BCUT2D eigenvalue weighted by atomic mass is 16.5. The number of β-lactam (4-membered cyclic amide) rings is 1. The van der Waals surface area contributed by atoms with E-state index in [1.54, 1.807) is 42.4 Å². The Morgan fingerprint density at radius 1 is 1.14 bits per heavy atom. The van der Waals surface area contributed by atoms with E-state index in [1.165, 1.54) is 14.2 Å². The number of rotatable bonds is 6. The Balaban J connectivity index is 1.93. The number of hydrogen-bond donors (Lipinski definition) is 1. The molecular weight excluding hydrogens is 364 g/mol. The molecule has 0 unspecified atom stereocenters. The second-order valence-electron chi connectivity index (χ2n) is 6.79. The highest BCUT2D eigenvalue weighted by molar-refractivity contribution is 6.04. The summed E-state index contributed by atoms with van der Waals surface area (Å²) in [5, 5.41) is 3.17. The second kappa shape index (κ2) is 8.02. The normalized spacial score (nSPS) is 29.0. The first-order valence-electron chi connectivity index (χ1n) is 8.98. The van der Waals surface area contributed by atoms with Crippen LogP contribution in [-0.2, 0) is 23.9 Å². The standard InChI is InChI=1S/C20H24N2O6/c1-5-13-17(22(18(13)23)11-6-8-12(26-2)9-7-11)16-14(19(24)27-3)10-15(21-16)20(25)28-4/h5-9,13-17,21H,1,10H2,2-4H3/t13-,14+,15+,16-,17-/m1/s1. The molecule has 0 radical (unpaired) electrons. The number of carbonyl (C=O) groups excluding carboxylic acids is 3. The lowest BCUT2D eigenvalue weighted by Crippen LogP contribution is -2.69. The number of nitrogens with zero attached hydrogens (tertiary/aromatic N) is 1. The van der Waals surface area contributed by atoms with Crippen molar-refractivity contribution in [1.29, 1.82) is 0 Å². The van der Waals surface area contributed by atoms with Crippen LogP contribution in [0.2, 0.25) is 0 Å². The molecule has 28 heavy (non-hydrogen) atoms. The first-order chi connectivity index (χ1) is 13.5. The number of anilines is 1. The summed E-state index contributed by atoms with van der Waals surface area (Å²) < 4.78 is 14.9. The van der Waals surface area contributed by atoms with Crippen LogP contribution in [0.3, 0.4) is 0 Å². The summed E-state index contributed by atoms with van der Waals surface area (Å²) in [4.78, 5) is 38.7. The van der Waals surface area contributed by atoms with Crippen molar-refractivity contribution in [3.05, 3.63) is 36.9 Å². The molecule has 0 spiro atoms. The third kappa shape index (κ3) is 3.24. The van der Waals surface area contributed by atoms with Gasteiger partial charge in [0.05, 0.1) is 39.2 Å². The molecule has 2 fully saturated rings. The molecule has 0 aromatic heterocycles. The first kappa shape index (κ1) is 19.9. The van der Waals surface area contributed by atoms with Gasteiger partial charge in [-0.3, -0.25) is 19.7 Å². The van der Waals surface area contributed by atoms with E-state index in [2.05, 4.69) is 11.9 Å². The summed E-state index contributed by atoms with van der Waals surface area (Å²) in [6, 6.07) is 5.59. The van der Waals surface area contributed by atoms with Crippen LogP contribution in [0.15, 0.2) is 36.9 Å². The number of ether oxygens (including phenoxy) is 3. The fourth-order valence-electron chi connectivity index (χ4n) is 4.05. The summed E-state index contributed by atoms with van der Waals surface area (Å²) >= 11 is 0. The van der Waals surface area contributed by atoms with Gasteiger partial charge >= 0.3 is 11.9 Å². The number of methoxy groups -OCH3 is 3. The SMILES string of the molecule is C=C[C@H]1C(=O)N(c2ccc(OC)cc2)[C@H]1[C@@H]1N[C@H](C(=O)OC)C[C@@H]1C(=O)OC. The van der Waals surface area contributed by atoms with E-state index in [1.807, 2.05) is 0 Å². The van der Waals surface area contributed by atoms with Crippen LogP contribution >= 0.6 is 0 Å². The van der Waals surface area contributed by atoms with Crippen molar-refractivity contribution in [1.82, 2.24) is 5.32 Å². The maximum absolute atomic E-state index is 12.7. The van der Waals surface area contributed by atoms with Gasteiger partial charge in [-0.2, -0.15) is 0 Å². The lowest BCUT2D eigenvalue weighted by atomic mass is 9.77. The van der Waals surface area contributed by atoms with Crippen molar-refractivity contribution in [3.63, 3.8) is 0 Å². The van der Waals surface area contributed by atoms with Crippen LogP contribution in [0, 0.1) is 11.8 Å². The smallest absolute Gasteiger partial charge is 0.322 e. The highest BCUT2D eigenvalue weighted by Gasteiger charge is 2.57. The van der Waals surface area contributed by atoms with E-state index in [4.69, 9.17) is 14.2 Å². The Morgan fingerprint density at radius 3 is 2.32 bits per heavy atom. The number of esters is 2. The lowest BCUT2D eigenvalue weighted by molar-refractivity contribution is -0.147. The Labute approximate surface area is 163 Å². The van der Waals surface area contributed by atoms with Gasteiger partial charge in [0, 0.05) is 11.7 Å². The summed E-state index contributed by atoms with van der Waals surface area (Å²) in [5.74, 6) is -1.38. The molecule has 2 saturated heterocycles. The minimum Gasteiger partial charge on any atom is -0.497 e. The van der Waals surface area contributed by atoms with E-state index in [-0.39, 0.29) is 18.4 Å². The number of amides is 1. The molecule has 2 aliphatic rings. The van der Waals surface area contributed by atoms with Crippen LogP contribution < -0.4 is 15.0 Å². The monoisotopic (exact) mass is 388 g/mol. The lowest BCUT2D eigenvalue weighted by Gasteiger charge is -2.49. The van der Waals surface area contributed by atoms with E-state index in [0.29, 0.717) is 11.4 Å². The average Bonchev–Trinajstić information content (AvgIpc) is 3.16. The molecule has 3 rings (SSSR count). The van der Waals surface area contributed by atoms with E-state index < -0.39 is 35.9 Å². The van der Waals surface area contributed by atoms with Gasteiger partial charge in [0.15, 0.2) is 0 Å². The minimum absolute atomic E-state index is 0.114. The van der Waals surface area contributed by atoms with Gasteiger partial charge in [-0.05, 0) is 30.7 Å². The molecule has 1 N–H and O–H groups in total. The molecule has 1 aromatic rings. The minimum atomic E-state index is -0.641. The molecule has 8 nitrogen and oxygen atoms in total. The zero-order valence-electron chi connectivity index (χ0n) is 16.1. The molecule has 0 aliphatic carbocycles. The Bertz CT molecular complexity index is 777. The number of nitrogens with one attached hydrogen (secondary N) is 1. The fourth-order valence-corrected chi connectivity index (χ4v) is 4.05. The summed E-state index contributed by atoms with van der Waals surface area (Å²) in [7, 11) is 4.17. The fraction of sp³-hybridized carbons (Fsp3) is 0.450. The van der Waals surface area contributed by atoms with Crippen LogP contribution in [-0.4, -0.2) is 57.3 Å². The zero-order valence-corrected chi connectivity index (χ0v) is 16.1.